The van der Waals surface area contributed by atoms with Crippen molar-refractivity contribution in [1.29, 1.82) is 0 Å². The van der Waals surface area contributed by atoms with Crippen LogP contribution in [0.2, 0.25) is 0 Å². The molecule has 0 unspecified atom stereocenters. The average Bonchev–Trinajstić information content (AvgIpc) is 3.19. The Hall–Kier alpha value is -3.54. The van der Waals surface area contributed by atoms with Crippen molar-refractivity contribution in [1.82, 2.24) is 5.32 Å². The van der Waals surface area contributed by atoms with E-state index in [4.69, 9.17) is 9.15 Å². The Labute approximate surface area is 169 Å². The van der Waals surface area contributed by atoms with Gasteiger partial charge in [-0.25, -0.2) is 0 Å². The molecule has 1 heterocycles. The summed E-state index contributed by atoms with van der Waals surface area (Å²) in [4.78, 5) is 25.2. The fourth-order valence-corrected chi connectivity index (χ4v) is 2.96. The van der Waals surface area contributed by atoms with Gasteiger partial charge in [0.2, 0.25) is 0 Å². The van der Waals surface area contributed by atoms with E-state index in [0.29, 0.717) is 22.8 Å². The van der Waals surface area contributed by atoms with E-state index in [1.165, 1.54) is 0 Å². The van der Waals surface area contributed by atoms with E-state index in [2.05, 4.69) is 10.6 Å². The van der Waals surface area contributed by atoms with Gasteiger partial charge in [-0.05, 0) is 68.3 Å². The molecule has 150 valence electrons. The highest BCUT2D eigenvalue weighted by Gasteiger charge is 2.18. The molecule has 0 aliphatic carbocycles. The molecule has 29 heavy (non-hydrogen) atoms. The Bertz CT molecular complexity index is 976. The monoisotopic (exact) mass is 392 g/mol. The number of carbonyl (C=O) groups excluding carboxylic acids is 2. The van der Waals surface area contributed by atoms with Crippen LogP contribution in [0.4, 0.5) is 5.69 Å². The van der Waals surface area contributed by atoms with Crippen molar-refractivity contribution in [3.05, 3.63) is 83.3 Å². The molecule has 0 fully saturated rings. The van der Waals surface area contributed by atoms with Gasteiger partial charge in [0.1, 0.15) is 11.5 Å². The molecule has 0 saturated heterocycles. The summed E-state index contributed by atoms with van der Waals surface area (Å²) in [6, 6.07) is 16.2. The van der Waals surface area contributed by atoms with Gasteiger partial charge in [-0.2, -0.15) is 0 Å². The minimum atomic E-state index is -0.726. The fraction of sp³-hybridized carbons (Fsp3) is 0.217. The van der Waals surface area contributed by atoms with Crippen LogP contribution in [0.25, 0.3) is 0 Å². The van der Waals surface area contributed by atoms with Crippen molar-refractivity contribution in [2.45, 2.75) is 33.4 Å². The third-order valence-corrected chi connectivity index (χ3v) is 4.31. The van der Waals surface area contributed by atoms with Crippen LogP contribution in [-0.2, 0) is 11.3 Å². The predicted molar refractivity (Wildman–Crippen MR) is 111 cm³/mol. The maximum Gasteiger partial charge on any atom is 0.265 e. The van der Waals surface area contributed by atoms with Crippen molar-refractivity contribution in [3.63, 3.8) is 0 Å². The van der Waals surface area contributed by atoms with Gasteiger partial charge in [-0.15, -0.1) is 0 Å². The standard InChI is InChI=1S/C23H24N2O4/c1-15-11-16(2)13-19(12-15)29-17(3)22(26)25-21-9-5-4-8-20(21)23(27)24-14-18-7-6-10-28-18/h4-13,17H,14H2,1-3H3,(H,24,27)(H,25,26)/t17-/m0/s1. The van der Waals surface area contributed by atoms with E-state index in [9.17, 15) is 9.59 Å². The zero-order chi connectivity index (χ0) is 20.8. The average molecular weight is 392 g/mol. The van der Waals surface area contributed by atoms with Crippen molar-refractivity contribution >= 4 is 17.5 Å². The molecular weight excluding hydrogens is 368 g/mol. The van der Waals surface area contributed by atoms with Crippen LogP contribution < -0.4 is 15.4 Å². The van der Waals surface area contributed by atoms with Crippen LogP contribution in [0.5, 0.6) is 5.75 Å². The Balaban J connectivity index is 1.66. The molecule has 0 aliphatic heterocycles. The third kappa shape index (κ3) is 5.48. The predicted octanol–water partition coefficient (Wildman–Crippen LogP) is 4.23. The molecule has 6 heteroatoms. The number of rotatable bonds is 7. The molecule has 1 aromatic heterocycles. The maximum atomic E-state index is 12.6. The van der Waals surface area contributed by atoms with Gasteiger partial charge in [-0.3, -0.25) is 9.59 Å². The van der Waals surface area contributed by atoms with Crippen LogP contribution in [0, 0.1) is 13.8 Å². The molecule has 0 spiro atoms. The number of hydrogen-bond acceptors (Lipinski definition) is 4. The van der Waals surface area contributed by atoms with Gasteiger partial charge in [0.05, 0.1) is 24.1 Å². The number of furan rings is 1. The van der Waals surface area contributed by atoms with Gasteiger partial charge in [0.15, 0.2) is 6.10 Å². The summed E-state index contributed by atoms with van der Waals surface area (Å²) in [7, 11) is 0. The Kier molecular flexibility index (Phi) is 6.34. The zero-order valence-corrected chi connectivity index (χ0v) is 16.7. The molecule has 0 bridgehead atoms. The lowest BCUT2D eigenvalue weighted by Gasteiger charge is -2.17. The minimum Gasteiger partial charge on any atom is -0.481 e. The van der Waals surface area contributed by atoms with Crippen LogP contribution in [0.15, 0.2) is 65.3 Å². The lowest BCUT2D eigenvalue weighted by molar-refractivity contribution is -0.122. The first-order valence-corrected chi connectivity index (χ1v) is 9.38. The molecule has 2 N–H and O–H groups in total. The molecule has 3 aromatic rings. The normalized spacial score (nSPS) is 11.6. The molecule has 3 rings (SSSR count). The number of aryl methyl sites for hydroxylation is 2. The second-order valence-corrected chi connectivity index (χ2v) is 6.88. The van der Waals surface area contributed by atoms with E-state index in [1.54, 1.807) is 49.6 Å². The van der Waals surface area contributed by atoms with Gasteiger partial charge in [0, 0.05) is 0 Å². The summed E-state index contributed by atoms with van der Waals surface area (Å²) in [6.45, 7) is 5.89. The number of ether oxygens (including phenoxy) is 1. The summed E-state index contributed by atoms with van der Waals surface area (Å²) >= 11 is 0. The molecule has 2 aromatic carbocycles. The molecule has 1 atom stereocenters. The quantitative estimate of drug-likeness (QED) is 0.630. The second kappa shape index (κ2) is 9.10. The molecule has 0 aliphatic rings. The number of benzene rings is 2. The maximum absolute atomic E-state index is 12.6. The fourth-order valence-electron chi connectivity index (χ4n) is 2.96. The van der Waals surface area contributed by atoms with E-state index in [1.807, 2.05) is 32.0 Å². The number of anilines is 1. The van der Waals surface area contributed by atoms with Gasteiger partial charge in [0.25, 0.3) is 11.8 Å². The van der Waals surface area contributed by atoms with Crippen molar-refractivity contribution < 1.29 is 18.7 Å². The highest BCUT2D eigenvalue weighted by atomic mass is 16.5. The van der Waals surface area contributed by atoms with Gasteiger partial charge >= 0.3 is 0 Å². The van der Waals surface area contributed by atoms with Crippen LogP contribution in [-0.4, -0.2) is 17.9 Å². The summed E-state index contributed by atoms with van der Waals surface area (Å²) in [5.41, 5.74) is 2.91. The van der Waals surface area contributed by atoms with E-state index in [0.717, 1.165) is 11.1 Å². The second-order valence-electron chi connectivity index (χ2n) is 6.88. The lowest BCUT2D eigenvalue weighted by Crippen LogP contribution is -2.31. The topological polar surface area (TPSA) is 80.6 Å². The first kappa shape index (κ1) is 20.2. The van der Waals surface area contributed by atoms with E-state index >= 15 is 0 Å². The minimum absolute atomic E-state index is 0.264. The Morgan fingerprint density at radius 1 is 1.03 bits per heavy atom. The van der Waals surface area contributed by atoms with Crippen molar-refractivity contribution in [2.75, 3.05) is 5.32 Å². The summed E-state index contributed by atoms with van der Waals surface area (Å²) in [6.07, 6.45) is 0.822. The third-order valence-electron chi connectivity index (χ3n) is 4.31. The lowest BCUT2D eigenvalue weighted by atomic mass is 10.1. The Morgan fingerprint density at radius 3 is 2.45 bits per heavy atom. The number of carbonyl (C=O) groups is 2. The number of para-hydroxylation sites is 1. The molecular formula is C23H24N2O4. The van der Waals surface area contributed by atoms with Crippen LogP contribution in [0.3, 0.4) is 0 Å². The SMILES string of the molecule is Cc1cc(C)cc(O[C@@H](C)C(=O)Nc2ccccc2C(=O)NCc2ccco2)c1. The number of nitrogens with one attached hydrogen (secondary N) is 2. The largest absolute Gasteiger partial charge is 0.481 e. The molecule has 0 saturated carbocycles. The van der Waals surface area contributed by atoms with Gasteiger partial charge < -0.3 is 19.8 Å². The van der Waals surface area contributed by atoms with Crippen LogP contribution in [0.1, 0.15) is 34.2 Å². The summed E-state index contributed by atoms with van der Waals surface area (Å²) in [5.74, 6) is 0.639. The van der Waals surface area contributed by atoms with E-state index < -0.39 is 6.10 Å². The number of amides is 2. The Morgan fingerprint density at radius 2 is 1.76 bits per heavy atom. The smallest absolute Gasteiger partial charge is 0.265 e. The number of hydrogen-bond donors (Lipinski definition) is 2. The van der Waals surface area contributed by atoms with Crippen molar-refractivity contribution in [2.24, 2.45) is 0 Å². The summed E-state index contributed by atoms with van der Waals surface area (Å²) in [5, 5.41) is 5.57. The molecule has 2 amide bonds. The van der Waals surface area contributed by atoms with Crippen molar-refractivity contribution in [3.8, 4) is 5.75 Å². The highest BCUT2D eigenvalue weighted by Crippen LogP contribution is 2.19. The molecule has 0 radical (unpaired) electrons. The first-order chi connectivity index (χ1) is 13.9. The summed E-state index contributed by atoms with van der Waals surface area (Å²) < 4.78 is 11.0. The van der Waals surface area contributed by atoms with Crippen LogP contribution >= 0.6 is 0 Å². The van der Waals surface area contributed by atoms with E-state index in [-0.39, 0.29) is 18.4 Å². The zero-order valence-electron chi connectivity index (χ0n) is 16.7. The first-order valence-electron chi connectivity index (χ1n) is 9.38. The van der Waals surface area contributed by atoms with Gasteiger partial charge in [-0.1, -0.05) is 18.2 Å². The highest BCUT2D eigenvalue weighted by molar-refractivity contribution is 6.04. The molecule has 6 nitrogen and oxygen atoms in total.